The molecule has 0 aliphatic rings. The number of hydrogen-bond acceptors (Lipinski definition) is 5. The fourth-order valence-electron chi connectivity index (χ4n) is 1.73. The van der Waals surface area contributed by atoms with Crippen LogP contribution in [0.25, 0.3) is 11.4 Å². The Morgan fingerprint density at radius 1 is 1.40 bits per heavy atom. The van der Waals surface area contributed by atoms with Crippen LogP contribution in [0.3, 0.4) is 0 Å². The van der Waals surface area contributed by atoms with Gasteiger partial charge in [-0.2, -0.15) is 0 Å². The molecule has 1 N–H and O–H groups in total. The van der Waals surface area contributed by atoms with Crippen molar-refractivity contribution in [2.45, 2.75) is 13.8 Å². The van der Waals surface area contributed by atoms with Gasteiger partial charge in [-0.25, -0.2) is 14.4 Å². The van der Waals surface area contributed by atoms with Crippen molar-refractivity contribution in [3.05, 3.63) is 45.9 Å². The highest BCUT2D eigenvalue weighted by Gasteiger charge is 2.14. The number of non-ortho nitro benzene ring substituents is 1. The Morgan fingerprint density at radius 3 is 2.80 bits per heavy atom. The molecule has 0 radical (unpaired) electrons. The van der Waals surface area contributed by atoms with E-state index in [1.807, 2.05) is 6.92 Å². The zero-order valence-electron chi connectivity index (χ0n) is 11.1. The molecule has 0 aliphatic carbocycles. The van der Waals surface area contributed by atoms with Crippen LogP contribution >= 0.6 is 0 Å². The van der Waals surface area contributed by atoms with Crippen molar-refractivity contribution >= 4 is 11.5 Å². The fourth-order valence-corrected chi connectivity index (χ4v) is 1.73. The molecule has 0 fully saturated rings. The Balaban J connectivity index is 2.52. The average molecular weight is 276 g/mol. The van der Waals surface area contributed by atoms with Crippen LogP contribution in [0.15, 0.2) is 24.3 Å². The van der Waals surface area contributed by atoms with Gasteiger partial charge in [0, 0.05) is 24.2 Å². The largest absolute Gasteiger partial charge is 0.368 e. The highest BCUT2D eigenvalue weighted by Crippen LogP contribution is 2.24. The van der Waals surface area contributed by atoms with Crippen molar-refractivity contribution in [2.24, 2.45) is 0 Å². The molecular weight excluding hydrogens is 263 g/mol. The Morgan fingerprint density at radius 2 is 2.15 bits per heavy atom. The first-order valence-electron chi connectivity index (χ1n) is 6.05. The summed E-state index contributed by atoms with van der Waals surface area (Å²) in [6.45, 7) is 3.87. The van der Waals surface area contributed by atoms with Crippen LogP contribution in [-0.2, 0) is 0 Å². The van der Waals surface area contributed by atoms with Crippen molar-refractivity contribution in [3.63, 3.8) is 0 Å². The summed E-state index contributed by atoms with van der Waals surface area (Å²) in [7, 11) is 0. The number of nitrogens with zero attached hydrogens (tertiary/aromatic N) is 3. The van der Waals surface area contributed by atoms with Gasteiger partial charge in [0.15, 0.2) is 17.5 Å². The zero-order chi connectivity index (χ0) is 14.7. The van der Waals surface area contributed by atoms with Gasteiger partial charge in [0.1, 0.15) is 0 Å². The van der Waals surface area contributed by atoms with Crippen molar-refractivity contribution in [2.75, 3.05) is 11.9 Å². The molecule has 6 nitrogen and oxygen atoms in total. The van der Waals surface area contributed by atoms with Crippen LogP contribution < -0.4 is 5.32 Å². The first-order valence-corrected chi connectivity index (χ1v) is 6.05. The molecule has 20 heavy (non-hydrogen) atoms. The molecule has 0 amide bonds. The molecule has 2 aromatic rings. The summed E-state index contributed by atoms with van der Waals surface area (Å²) in [5.74, 6) is -0.161. The highest BCUT2D eigenvalue weighted by atomic mass is 19.1. The topological polar surface area (TPSA) is 81.0 Å². The predicted molar refractivity (Wildman–Crippen MR) is 73.0 cm³/mol. The van der Waals surface area contributed by atoms with Gasteiger partial charge in [-0.3, -0.25) is 10.1 Å². The first kappa shape index (κ1) is 13.9. The summed E-state index contributed by atoms with van der Waals surface area (Å²) in [5, 5.41) is 13.6. The number of nitro benzene ring substituents is 1. The lowest BCUT2D eigenvalue weighted by molar-refractivity contribution is -0.384. The molecule has 1 heterocycles. The maximum absolute atomic E-state index is 13.8. The first-order chi connectivity index (χ1) is 9.52. The van der Waals surface area contributed by atoms with Crippen LogP contribution in [-0.4, -0.2) is 21.4 Å². The lowest BCUT2D eigenvalue weighted by Crippen LogP contribution is -2.06. The molecular formula is C13H13FN4O2. The van der Waals surface area contributed by atoms with E-state index >= 15 is 0 Å². The number of anilines is 1. The van der Waals surface area contributed by atoms with Gasteiger partial charge in [0.05, 0.1) is 10.6 Å². The number of nitrogens with one attached hydrogen (secondary N) is 1. The van der Waals surface area contributed by atoms with Gasteiger partial charge in [-0.1, -0.05) is 12.1 Å². The molecule has 1 aromatic heterocycles. The number of benzene rings is 1. The molecule has 2 rings (SSSR count). The van der Waals surface area contributed by atoms with E-state index in [9.17, 15) is 14.5 Å². The molecule has 0 bridgehead atoms. The van der Waals surface area contributed by atoms with Crippen molar-refractivity contribution in [1.82, 2.24) is 9.97 Å². The van der Waals surface area contributed by atoms with Crippen LogP contribution in [0.2, 0.25) is 0 Å². The molecule has 0 saturated heterocycles. The normalized spacial score (nSPS) is 10.3. The molecule has 7 heteroatoms. The van der Waals surface area contributed by atoms with Gasteiger partial charge < -0.3 is 5.32 Å². The Hall–Kier alpha value is -2.57. The SMILES string of the molecule is CCNc1nc(-c2cccc([N+](=O)[O-])c2)nc(C)c1F. The molecule has 104 valence electrons. The number of rotatable bonds is 4. The third kappa shape index (κ3) is 2.71. The minimum atomic E-state index is -0.513. The second kappa shape index (κ2) is 5.60. The van der Waals surface area contributed by atoms with E-state index in [4.69, 9.17) is 0 Å². The Kier molecular flexibility index (Phi) is 3.88. The van der Waals surface area contributed by atoms with E-state index in [-0.39, 0.29) is 23.0 Å². The van der Waals surface area contributed by atoms with E-state index < -0.39 is 10.7 Å². The summed E-state index contributed by atoms with van der Waals surface area (Å²) in [5.41, 5.74) is 0.608. The van der Waals surface area contributed by atoms with Gasteiger partial charge in [0.25, 0.3) is 5.69 Å². The Labute approximate surface area is 114 Å². The van der Waals surface area contributed by atoms with E-state index in [1.165, 1.54) is 19.1 Å². The lowest BCUT2D eigenvalue weighted by Gasteiger charge is -2.08. The molecule has 0 unspecified atom stereocenters. The average Bonchev–Trinajstić information content (AvgIpc) is 2.44. The van der Waals surface area contributed by atoms with Crippen LogP contribution in [0.5, 0.6) is 0 Å². The third-order valence-electron chi connectivity index (χ3n) is 2.68. The highest BCUT2D eigenvalue weighted by molar-refractivity contribution is 5.61. The van der Waals surface area contributed by atoms with E-state index in [0.29, 0.717) is 12.1 Å². The number of aryl methyl sites for hydroxylation is 1. The molecule has 0 aliphatic heterocycles. The second-order valence-electron chi connectivity index (χ2n) is 4.13. The van der Waals surface area contributed by atoms with Crippen molar-refractivity contribution in [1.29, 1.82) is 0 Å². The maximum Gasteiger partial charge on any atom is 0.270 e. The van der Waals surface area contributed by atoms with Gasteiger partial charge in [0.2, 0.25) is 0 Å². The summed E-state index contributed by atoms with van der Waals surface area (Å²) in [6, 6.07) is 5.94. The minimum absolute atomic E-state index is 0.0573. The summed E-state index contributed by atoms with van der Waals surface area (Å²) in [4.78, 5) is 18.4. The van der Waals surface area contributed by atoms with Crippen molar-refractivity contribution < 1.29 is 9.31 Å². The molecule has 1 aromatic carbocycles. The number of halogens is 1. The van der Waals surface area contributed by atoms with E-state index in [0.717, 1.165) is 0 Å². The van der Waals surface area contributed by atoms with E-state index in [1.54, 1.807) is 12.1 Å². The standard InChI is InChI=1S/C13H13FN4O2/c1-3-15-13-11(14)8(2)16-12(17-13)9-5-4-6-10(7-9)18(19)20/h4-7H,3H2,1-2H3,(H,15,16,17). The predicted octanol–water partition coefficient (Wildman–Crippen LogP) is 2.93. The molecule has 0 atom stereocenters. The van der Waals surface area contributed by atoms with Gasteiger partial charge in [-0.05, 0) is 13.8 Å². The van der Waals surface area contributed by atoms with Crippen LogP contribution in [0.4, 0.5) is 15.9 Å². The quantitative estimate of drug-likeness (QED) is 0.686. The number of nitro groups is 1. The molecule has 0 saturated carbocycles. The smallest absolute Gasteiger partial charge is 0.270 e. The van der Waals surface area contributed by atoms with Crippen molar-refractivity contribution in [3.8, 4) is 11.4 Å². The van der Waals surface area contributed by atoms with Crippen LogP contribution in [0, 0.1) is 22.9 Å². The number of hydrogen-bond donors (Lipinski definition) is 1. The van der Waals surface area contributed by atoms with E-state index in [2.05, 4.69) is 15.3 Å². The Bertz CT molecular complexity index is 661. The van der Waals surface area contributed by atoms with Gasteiger partial charge in [-0.15, -0.1) is 0 Å². The molecule has 0 spiro atoms. The monoisotopic (exact) mass is 276 g/mol. The zero-order valence-corrected chi connectivity index (χ0v) is 11.1. The number of aromatic nitrogens is 2. The van der Waals surface area contributed by atoms with Crippen LogP contribution in [0.1, 0.15) is 12.6 Å². The second-order valence-corrected chi connectivity index (χ2v) is 4.13. The summed E-state index contributed by atoms with van der Waals surface area (Å²) < 4.78 is 13.8. The third-order valence-corrected chi connectivity index (χ3v) is 2.68. The lowest BCUT2D eigenvalue weighted by atomic mass is 10.2. The fraction of sp³-hybridized carbons (Fsp3) is 0.231. The summed E-state index contributed by atoms with van der Waals surface area (Å²) in [6.07, 6.45) is 0. The maximum atomic E-state index is 13.8. The summed E-state index contributed by atoms with van der Waals surface area (Å²) >= 11 is 0. The minimum Gasteiger partial charge on any atom is -0.368 e. The van der Waals surface area contributed by atoms with Gasteiger partial charge >= 0.3 is 0 Å².